The minimum Gasteiger partial charge on any atom is -0.376 e. The molecule has 3 N–H and O–H groups in total. The number of H-pyrrole nitrogens is 1. The molecule has 0 saturated carbocycles. The molecule has 2 heterocycles. The number of carbonyl (C=O) groups excluding carboxylic acids is 4. The monoisotopic (exact) mass is 763 g/mol. The van der Waals surface area contributed by atoms with Crippen LogP contribution < -0.4 is 20.4 Å². The van der Waals surface area contributed by atoms with Gasteiger partial charge < -0.3 is 30.1 Å². The highest BCUT2D eigenvalue weighted by Gasteiger charge is 2.28. The lowest BCUT2D eigenvalue weighted by atomic mass is 9.88. The Balaban J connectivity index is 1.02. The number of aromatic nitrogens is 2. The maximum Gasteiger partial charge on any atom is 0.256 e. The summed E-state index contributed by atoms with van der Waals surface area (Å²) >= 11 is 0. The predicted molar refractivity (Wildman–Crippen MR) is 214 cm³/mol. The topological polar surface area (TPSA) is 131 Å². The van der Waals surface area contributed by atoms with Crippen LogP contribution in [-0.4, -0.2) is 86.4 Å². The first-order chi connectivity index (χ1) is 27.1. The van der Waals surface area contributed by atoms with Crippen LogP contribution in [0, 0.1) is 11.6 Å². The number of rotatable bonds is 16. The van der Waals surface area contributed by atoms with E-state index in [4.69, 9.17) is 0 Å². The van der Waals surface area contributed by atoms with Crippen LogP contribution in [0.3, 0.4) is 0 Å². The minimum absolute atomic E-state index is 0.166. The molecule has 56 heavy (non-hydrogen) atoms. The Kier molecular flexibility index (Phi) is 12.9. The highest BCUT2D eigenvalue weighted by molar-refractivity contribution is 6.08. The smallest absolute Gasteiger partial charge is 0.256 e. The second kappa shape index (κ2) is 18.1. The van der Waals surface area contributed by atoms with Crippen LogP contribution in [0.25, 0.3) is 10.9 Å². The van der Waals surface area contributed by atoms with Crippen molar-refractivity contribution in [2.75, 3.05) is 55.9 Å². The standard InChI is InChI=1S/C43H47F2N7O4/c1-46-43(56)39(5-4-20-53)52(27-54)38-13-11-33(25-40(38)50(2)3)31-15-18-51(19-16-31)17-14-28-6-9-32(10-7-28)42(55)47-41-36-24-29(8-12-37(36)48-49-41)21-30-22-34(44)26-35(45)23-30/h6-13,20,22-27,31,39H,4-5,14-19,21H2,1-3H3,(H,46,56)(H2,47,48,49,55). The molecule has 5 aromatic rings. The first kappa shape index (κ1) is 39.7. The van der Waals surface area contributed by atoms with E-state index in [1.54, 1.807) is 0 Å². The van der Waals surface area contributed by atoms with E-state index in [1.165, 1.54) is 29.6 Å². The van der Waals surface area contributed by atoms with E-state index in [0.29, 0.717) is 46.8 Å². The summed E-state index contributed by atoms with van der Waals surface area (Å²) in [7, 11) is 5.34. The summed E-state index contributed by atoms with van der Waals surface area (Å²) in [5.74, 6) is -1.14. The van der Waals surface area contributed by atoms with E-state index >= 15 is 0 Å². The van der Waals surface area contributed by atoms with Crippen LogP contribution >= 0.6 is 0 Å². The third-order valence-corrected chi connectivity index (χ3v) is 10.5. The van der Waals surface area contributed by atoms with Gasteiger partial charge in [-0.3, -0.25) is 19.5 Å². The molecule has 1 fully saturated rings. The number of benzene rings is 4. The molecule has 1 aromatic heterocycles. The van der Waals surface area contributed by atoms with Gasteiger partial charge in [0, 0.05) is 51.1 Å². The van der Waals surface area contributed by atoms with Gasteiger partial charge in [-0.1, -0.05) is 24.3 Å². The average molecular weight is 764 g/mol. The maximum atomic E-state index is 13.7. The second-order valence-electron chi connectivity index (χ2n) is 14.5. The Labute approximate surface area is 325 Å². The second-order valence-corrected chi connectivity index (χ2v) is 14.5. The molecule has 1 saturated heterocycles. The number of aldehydes is 1. The highest BCUT2D eigenvalue weighted by atomic mass is 19.1. The van der Waals surface area contributed by atoms with Gasteiger partial charge in [0.1, 0.15) is 24.0 Å². The molecule has 4 aromatic carbocycles. The van der Waals surface area contributed by atoms with Gasteiger partial charge in [-0.15, -0.1) is 0 Å². The van der Waals surface area contributed by atoms with Crippen LogP contribution in [-0.2, 0) is 27.2 Å². The first-order valence-electron chi connectivity index (χ1n) is 18.8. The van der Waals surface area contributed by atoms with Crippen molar-refractivity contribution in [2.45, 2.75) is 50.5 Å². The van der Waals surface area contributed by atoms with Gasteiger partial charge in [-0.25, -0.2) is 8.78 Å². The molecule has 0 radical (unpaired) electrons. The molecule has 6 rings (SSSR count). The van der Waals surface area contributed by atoms with Gasteiger partial charge in [0.25, 0.3) is 5.91 Å². The number of fused-ring (bicyclic) bond motifs is 1. The first-order valence-corrected chi connectivity index (χ1v) is 18.8. The zero-order chi connectivity index (χ0) is 39.8. The van der Waals surface area contributed by atoms with Gasteiger partial charge in [0.2, 0.25) is 12.3 Å². The van der Waals surface area contributed by atoms with Crippen molar-refractivity contribution in [2.24, 2.45) is 0 Å². The third kappa shape index (κ3) is 9.46. The number of nitrogens with one attached hydrogen (secondary N) is 3. The zero-order valence-electron chi connectivity index (χ0n) is 31.9. The SMILES string of the molecule is CNC(=O)C(CCC=O)N(C=O)c1ccc(C2CCN(CCc3ccc(C(=O)Nc4n[nH]c5ccc(Cc6cc(F)cc(F)c6)cc45)cc3)CC2)cc1N(C)C. The third-order valence-electron chi connectivity index (χ3n) is 10.5. The zero-order valence-corrected chi connectivity index (χ0v) is 31.9. The molecule has 0 bridgehead atoms. The molecule has 13 heteroatoms. The number of likely N-dealkylation sites (N-methyl/N-ethyl adjacent to an activating group) is 1. The quantitative estimate of drug-likeness (QED) is 0.102. The van der Waals surface area contributed by atoms with Crippen molar-refractivity contribution in [3.05, 3.63) is 118 Å². The fraction of sp³-hybridized carbons (Fsp3) is 0.326. The molecule has 1 aliphatic rings. The summed E-state index contributed by atoms with van der Waals surface area (Å²) in [4.78, 5) is 55.1. The minimum atomic E-state index is -0.794. The summed E-state index contributed by atoms with van der Waals surface area (Å²) in [5.41, 5.74) is 6.33. The van der Waals surface area contributed by atoms with Crippen molar-refractivity contribution in [1.29, 1.82) is 0 Å². The van der Waals surface area contributed by atoms with E-state index in [0.717, 1.165) is 73.6 Å². The lowest BCUT2D eigenvalue weighted by Crippen LogP contribution is -2.46. The molecule has 292 valence electrons. The summed E-state index contributed by atoms with van der Waals surface area (Å²) in [6, 6.07) is 21.8. The lowest BCUT2D eigenvalue weighted by Gasteiger charge is -2.34. The van der Waals surface area contributed by atoms with E-state index in [-0.39, 0.29) is 24.7 Å². The Morgan fingerprint density at radius 2 is 1.62 bits per heavy atom. The average Bonchev–Trinajstić information content (AvgIpc) is 3.59. The Bertz CT molecular complexity index is 2160. The van der Waals surface area contributed by atoms with Gasteiger partial charge in [-0.05, 0) is 122 Å². The number of nitrogens with zero attached hydrogens (tertiary/aromatic N) is 4. The molecule has 1 unspecified atom stereocenters. The Morgan fingerprint density at radius 1 is 0.911 bits per heavy atom. The van der Waals surface area contributed by atoms with Crippen molar-refractivity contribution >= 4 is 52.6 Å². The molecule has 3 amide bonds. The van der Waals surface area contributed by atoms with Crippen LogP contribution in [0.2, 0.25) is 0 Å². The van der Waals surface area contributed by atoms with Gasteiger partial charge in [-0.2, -0.15) is 5.10 Å². The maximum absolute atomic E-state index is 13.7. The number of likely N-dealkylation sites (tertiary alicyclic amines) is 1. The number of hydrogen-bond donors (Lipinski definition) is 3. The summed E-state index contributed by atoms with van der Waals surface area (Å²) in [6.45, 7) is 2.76. The molecular formula is C43H47F2N7O4. The van der Waals surface area contributed by atoms with Crippen LogP contribution in [0.5, 0.6) is 0 Å². The Hall–Kier alpha value is -5.95. The van der Waals surface area contributed by atoms with Crippen LogP contribution in [0.15, 0.2) is 78.9 Å². The van der Waals surface area contributed by atoms with Gasteiger partial charge in [0.05, 0.1) is 16.9 Å². The normalized spacial score (nSPS) is 13.9. The van der Waals surface area contributed by atoms with Crippen molar-refractivity contribution in [3.63, 3.8) is 0 Å². The van der Waals surface area contributed by atoms with Gasteiger partial charge in [0.15, 0.2) is 5.82 Å². The summed E-state index contributed by atoms with van der Waals surface area (Å²) in [6.07, 6.45) is 4.94. The largest absolute Gasteiger partial charge is 0.376 e. The Morgan fingerprint density at radius 3 is 2.29 bits per heavy atom. The molecule has 11 nitrogen and oxygen atoms in total. The van der Waals surface area contributed by atoms with Gasteiger partial charge >= 0.3 is 0 Å². The van der Waals surface area contributed by atoms with Crippen molar-refractivity contribution in [3.8, 4) is 0 Å². The fourth-order valence-corrected chi connectivity index (χ4v) is 7.45. The molecule has 1 aliphatic heterocycles. The lowest BCUT2D eigenvalue weighted by molar-refractivity contribution is -0.123. The number of anilines is 3. The number of aromatic amines is 1. The summed E-state index contributed by atoms with van der Waals surface area (Å²) < 4.78 is 27.4. The number of carbonyl (C=O) groups is 4. The van der Waals surface area contributed by atoms with Crippen molar-refractivity contribution < 1.29 is 28.0 Å². The number of halogens is 2. The molecule has 0 aliphatic carbocycles. The van der Waals surface area contributed by atoms with E-state index < -0.39 is 17.7 Å². The van der Waals surface area contributed by atoms with Crippen molar-refractivity contribution in [1.82, 2.24) is 20.4 Å². The predicted octanol–water partition coefficient (Wildman–Crippen LogP) is 6.23. The summed E-state index contributed by atoms with van der Waals surface area (Å²) in [5, 5.41) is 13.4. The van der Waals surface area contributed by atoms with E-state index in [2.05, 4.69) is 31.8 Å². The number of hydrogen-bond acceptors (Lipinski definition) is 7. The fourth-order valence-electron chi connectivity index (χ4n) is 7.45. The molecule has 1 atom stereocenters. The molecular weight excluding hydrogens is 717 g/mol. The molecule has 0 spiro atoms. The van der Waals surface area contributed by atoms with Crippen LogP contribution in [0.1, 0.15) is 64.2 Å². The van der Waals surface area contributed by atoms with E-state index in [9.17, 15) is 28.0 Å². The highest BCUT2D eigenvalue weighted by Crippen LogP contribution is 2.36. The number of piperidine rings is 1. The van der Waals surface area contributed by atoms with Crippen LogP contribution in [0.4, 0.5) is 26.0 Å². The van der Waals surface area contributed by atoms with E-state index in [1.807, 2.05) is 73.6 Å². The number of amides is 3.